The summed E-state index contributed by atoms with van der Waals surface area (Å²) >= 11 is 1.70. The average Bonchev–Trinajstić information content (AvgIpc) is 2.44. The van der Waals surface area contributed by atoms with Gasteiger partial charge in [0.1, 0.15) is 0 Å². The Bertz CT molecular complexity index is 572. The second-order valence-corrected chi connectivity index (χ2v) is 6.09. The van der Waals surface area contributed by atoms with E-state index in [4.69, 9.17) is 0 Å². The van der Waals surface area contributed by atoms with Gasteiger partial charge >= 0.3 is 0 Å². The normalized spacial score (nSPS) is 10.3. The highest BCUT2D eigenvalue weighted by Gasteiger charge is 2.01. The van der Waals surface area contributed by atoms with Gasteiger partial charge in [0.25, 0.3) is 0 Å². The highest BCUT2D eigenvalue weighted by molar-refractivity contribution is 8.03. The van der Waals surface area contributed by atoms with Crippen LogP contribution in [0.25, 0.3) is 0 Å². The molecule has 104 valence electrons. The van der Waals surface area contributed by atoms with Crippen LogP contribution < -0.4 is 5.32 Å². The summed E-state index contributed by atoms with van der Waals surface area (Å²) in [5.41, 5.74) is 3.96. The number of rotatable bonds is 6. The highest BCUT2D eigenvalue weighted by Crippen LogP contribution is 2.26. The molecule has 0 bridgehead atoms. The van der Waals surface area contributed by atoms with Crippen LogP contribution in [0.5, 0.6) is 0 Å². The predicted octanol–water partition coefficient (Wildman–Crippen LogP) is 4.70. The number of hydrogen-bond donors (Lipinski definition) is 1. The van der Waals surface area contributed by atoms with Gasteiger partial charge in [0, 0.05) is 11.4 Å². The van der Waals surface area contributed by atoms with E-state index in [1.54, 1.807) is 11.8 Å². The van der Waals surface area contributed by atoms with Gasteiger partial charge in [0.2, 0.25) is 0 Å². The molecule has 0 unspecified atom stereocenters. The van der Waals surface area contributed by atoms with Crippen molar-refractivity contribution in [3.8, 4) is 0 Å². The predicted molar refractivity (Wildman–Crippen MR) is 89.1 cm³/mol. The molecule has 0 aromatic heterocycles. The van der Waals surface area contributed by atoms with E-state index < -0.39 is 0 Å². The van der Waals surface area contributed by atoms with Crippen molar-refractivity contribution in [1.82, 2.24) is 5.32 Å². The van der Waals surface area contributed by atoms with Crippen molar-refractivity contribution < 1.29 is 0 Å². The number of aryl methyl sites for hydroxylation is 2. The van der Waals surface area contributed by atoms with Gasteiger partial charge < -0.3 is 5.32 Å². The fourth-order valence-corrected chi connectivity index (χ4v) is 2.76. The van der Waals surface area contributed by atoms with Gasteiger partial charge in [-0.25, -0.2) is 0 Å². The van der Waals surface area contributed by atoms with Crippen LogP contribution in [0.1, 0.15) is 16.7 Å². The Balaban J connectivity index is 1.78. The van der Waals surface area contributed by atoms with Gasteiger partial charge in [0.15, 0.2) is 0 Å². The summed E-state index contributed by atoms with van der Waals surface area (Å²) in [7, 11) is 0. The minimum absolute atomic E-state index is 0.917. The van der Waals surface area contributed by atoms with Gasteiger partial charge in [-0.3, -0.25) is 0 Å². The molecule has 0 saturated heterocycles. The Kier molecular flexibility index (Phi) is 5.31. The van der Waals surface area contributed by atoms with Crippen molar-refractivity contribution in [3.63, 3.8) is 0 Å². The molecule has 0 aliphatic heterocycles. The van der Waals surface area contributed by atoms with Crippen molar-refractivity contribution in [3.05, 3.63) is 76.8 Å². The molecule has 20 heavy (non-hydrogen) atoms. The van der Waals surface area contributed by atoms with E-state index in [1.807, 2.05) is 0 Å². The standard InChI is InChI=1S/C18H21NS/c1-14-8-10-17(11-9-14)12-13-19-16(3)20-18-7-5-4-6-15(18)2/h4-11,19H,3,12-13H2,1-2H3. The van der Waals surface area contributed by atoms with Crippen LogP contribution in [0.3, 0.4) is 0 Å². The maximum atomic E-state index is 4.09. The molecule has 1 N–H and O–H groups in total. The lowest BCUT2D eigenvalue weighted by Gasteiger charge is -2.10. The maximum absolute atomic E-state index is 4.09. The molecular weight excluding hydrogens is 262 g/mol. The van der Waals surface area contributed by atoms with Crippen molar-refractivity contribution in [1.29, 1.82) is 0 Å². The summed E-state index contributed by atoms with van der Waals surface area (Å²) in [6.07, 6.45) is 1.02. The molecule has 0 spiro atoms. The molecule has 2 heteroatoms. The van der Waals surface area contributed by atoms with Crippen molar-refractivity contribution in [2.24, 2.45) is 0 Å². The molecule has 0 saturated carbocycles. The van der Waals surface area contributed by atoms with Crippen LogP contribution >= 0.6 is 11.8 Å². The molecule has 1 nitrogen and oxygen atoms in total. The molecule has 2 aromatic carbocycles. The third kappa shape index (κ3) is 4.46. The summed E-state index contributed by atoms with van der Waals surface area (Å²) in [6, 6.07) is 17.1. The molecule has 0 fully saturated rings. The van der Waals surface area contributed by atoms with Crippen LogP contribution in [0, 0.1) is 13.8 Å². The third-order valence-electron chi connectivity index (χ3n) is 3.18. The molecule has 0 heterocycles. The summed E-state index contributed by atoms with van der Waals surface area (Å²) in [5.74, 6) is 0. The number of thioether (sulfide) groups is 1. The Hall–Kier alpha value is -1.67. The average molecular weight is 283 g/mol. The van der Waals surface area contributed by atoms with Crippen LogP contribution in [0.15, 0.2) is 65.0 Å². The monoisotopic (exact) mass is 283 g/mol. The lowest BCUT2D eigenvalue weighted by atomic mass is 10.1. The molecule has 2 aromatic rings. The second-order valence-electron chi connectivity index (χ2n) is 4.95. The molecular formula is C18H21NS. The van der Waals surface area contributed by atoms with Gasteiger partial charge in [-0.05, 0) is 37.5 Å². The topological polar surface area (TPSA) is 12.0 Å². The number of nitrogens with one attached hydrogen (secondary N) is 1. The largest absolute Gasteiger partial charge is 0.380 e. The van der Waals surface area contributed by atoms with Gasteiger partial charge in [-0.2, -0.15) is 0 Å². The van der Waals surface area contributed by atoms with E-state index in [9.17, 15) is 0 Å². The first-order valence-electron chi connectivity index (χ1n) is 6.87. The van der Waals surface area contributed by atoms with Crippen molar-refractivity contribution >= 4 is 11.8 Å². The second kappa shape index (κ2) is 7.20. The first kappa shape index (κ1) is 14.7. The Morgan fingerprint density at radius 3 is 2.45 bits per heavy atom. The lowest BCUT2D eigenvalue weighted by molar-refractivity contribution is 0.824. The molecule has 2 rings (SSSR count). The van der Waals surface area contributed by atoms with Crippen LogP contribution in [-0.2, 0) is 6.42 Å². The Morgan fingerprint density at radius 2 is 1.75 bits per heavy atom. The SMILES string of the molecule is C=C(NCCc1ccc(C)cc1)Sc1ccccc1C. The highest BCUT2D eigenvalue weighted by atomic mass is 32.2. The fourth-order valence-electron chi connectivity index (χ4n) is 1.94. The van der Waals surface area contributed by atoms with Crippen molar-refractivity contribution in [2.75, 3.05) is 6.54 Å². The van der Waals surface area contributed by atoms with E-state index in [1.165, 1.54) is 21.6 Å². The zero-order chi connectivity index (χ0) is 14.4. The van der Waals surface area contributed by atoms with Gasteiger partial charge in [-0.1, -0.05) is 66.4 Å². The smallest absolute Gasteiger partial charge is 0.0656 e. The van der Waals surface area contributed by atoms with Crippen molar-refractivity contribution in [2.45, 2.75) is 25.2 Å². The van der Waals surface area contributed by atoms with Gasteiger partial charge in [0.05, 0.1) is 5.03 Å². The van der Waals surface area contributed by atoms with E-state index in [0.29, 0.717) is 0 Å². The first-order valence-corrected chi connectivity index (χ1v) is 7.68. The zero-order valence-electron chi connectivity index (χ0n) is 12.1. The Labute approximate surface area is 126 Å². The Morgan fingerprint density at radius 1 is 1.05 bits per heavy atom. The molecule has 0 aliphatic carbocycles. The van der Waals surface area contributed by atoms with E-state index in [2.05, 4.69) is 74.3 Å². The third-order valence-corrected chi connectivity index (χ3v) is 4.25. The van der Waals surface area contributed by atoms with Crippen LogP contribution in [0.2, 0.25) is 0 Å². The quantitative estimate of drug-likeness (QED) is 0.771. The van der Waals surface area contributed by atoms with Crippen LogP contribution in [-0.4, -0.2) is 6.54 Å². The minimum Gasteiger partial charge on any atom is -0.380 e. The van der Waals surface area contributed by atoms with E-state index in [0.717, 1.165) is 18.0 Å². The van der Waals surface area contributed by atoms with Crippen LogP contribution in [0.4, 0.5) is 0 Å². The maximum Gasteiger partial charge on any atom is 0.0656 e. The van der Waals surface area contributed by atoms with Gasteiger partial charge in [-0.15, -0.1) is 0 Å². The lowest BCUT2D eigenvalue weighted by Crippen LogP contribution is -2.14. The zero-order valence-corrected chi connectivity index (χ0v) is 13.0. The molecule has 0 radical (unpaired) electrons. The molecule has 0 aliphatic rings. The molecule has 0 atom stereocenters. The summed E-state index contributed by atoms with van der Waals surface area (Å²) in [4.78, 5) is 1.26. The minimum atomic E-state index is 0.917. The van der Waals surface area contributed by atoms with E-state index in [-0.39, 0.29) is 0 Å². The number of benzene rings is 2. The van der Waals surface area contributed by atoms with E-state index >= 15 is 0 Å². The number of hydrogen-bond acceptors (Lipinski definition) is 2. The summed E-state index contributed by atoms with van der Waals surface area (Å²) < 4.78 is 0. The summed E-state index contributed by atoms with van der Waals surface area (Å²) in [6.45, 7) is 9.25. The fraction of sp³-hybridized carbons (Fsp3) is 0.222. The summed E-state index contributed by atoms with van der Waals surface area (Å²) in [5, 5.41) is 4.40. The first-order chi connectivity index (χ1) is 9.65. The molecule has 0 amide bonds.